The van der Waals surface area contributed by atoms with Gasteiger partial charge in [0.1, 0.15) is 17.2 Å². The Hall–Kier alpha value is -2.56. The van der Waals surface area contributed by atoms with E-state index in [1.54, 1.807) is 17.0 Å². The number of carbonyl (C=O) groups is 1. The van der Waals surface area contributed by atoms with Crippen molar-refractivity contribution in [2.75, 3.05) is 26.3 Å². The second kappa shape index (κ2) is 9.48. The first-order valence-electron chi connectivity index (χ1n) is 11.9. The van der Waals surface area contributed by atoms with Crippen molar-refractivity contribution < 1.29 is 31.5 Å². The molecule has 2 aliphatic heterocycles. The van der Waals surface area contributed by atoms with Crippen molar-refractivity contribution in [1.82, 2.24) is 9.21 Å². The first kappa shape index (κ1) is 24.1. The Labute approximate surface area is 203 Å². The minimum Gasteiger partial charge on any atom is -0.441 e. The van der Waals surface area contributed by atoms with E-state index in [2.05, 4.69) is 0 Å². The van der Waals surface area contributed by atoms with E-state index in [1.165, 1.54) is 34.6 Å². The van der Waals surface area contributed by atoms with Crippen LogP contribution in [0.3, 0.4) is 0 Å². The van der Waals surface area contributed by atoms with Gasteiger partial charge < -0.3 is 14.4 Å². The molecule has 0 spiro atoms. The van der Waals surface area contributed by atoms with Crippen molar-refractivity contribution in [3.8, 4) is 0 Å². The number of piperidine rings is 1. The number of amides is 1. The molecule has 2 atom stereocenters. The molecular weight excluding hydrogens is 478 g/mol. The van der Waals surface area contributed by atoms with Crippen LogP contribution in [-0.2, 0) is 19.5 Å². The van der Waals surface area contributed by atoms with Crippen molar-refractivity contribution >= 4 is 16.1 Å². The second-order valence-electron chi connectivity index (χ2n) is 9.34. The summed E-state index contributed by atoms with van der Waals surface area (Å²) in [4.78, 5) is 14.3. The van der Waals surface area contributed by atoms with Gasteiger partial charge in [0.05, 0.1) is 30.2 Å². The number of hydrogen-bond acceptors (Lipinski definition) is 5. The van der Waals surface area contributed by atoms with E-state index < -0.39 is 45.4 Å². The van der Waals surface area contributed by atoms with Crippen LogP contribution in [0.5, 0.6) is 0 Å². The lowest BCUT2D eigenvalue weighted by atomic mass is 9.90. The molecule has 35 heavy (non-hydrogen) atoms. The van der Waals surface area contributed by atoms with Gasteiger partial charge in [0, 0.05) is 13.1 Å². The maximum absolute atomic E-state index is 14.1. The van der Waals surface area contributed by atoms with E-state index in [0.29, 0.717) is 64.0 Å². The molecule has 0 unspecified atom stereocenters. The fourth-order valence-electron chi connectivity index (χ4n) is 5.19. The molecule has 3 fully saturated rings. The Morgan fingerprint density at radius 2 is 1.69 bits per heavy atom. The molecule has 0 N–H and O–H groups in total. The van der Waals surface area contributed by atoms with Gasteiger partial charge >= 0.3 is 6.09 Å². The molecule has 0 bridgehead atoms. The number of benzene rings is 2. The number of halogens is 2. The van der Waals surface area contributed by atoms with Crippen molar-refractivity contribution in [2.24, 2.45) is 0 Å². The largest absolute Gasteiger partial charge is 0.441 e. The molecule has 2 saturated heterocycles. The molecule has 7 nitrogen and oxygen atoms in total. The Morgan fingerprint density at radius 3 is 2.34 bits per heavy atom. The average Bonchev–Trinajstić information content (AvgIpc) is 3.64. The van der Waals surface area contributed by atoms with Gasteiger partial charge in [-0.05, 0) is 68.0 Å². The molecule has 2 heterocycles. The van der Waals surface area contributed by atoms with Gasteiger partial charge in [0.2, 0.25) is 10.0 Å². The molecule has 5 rings (SSSR count). The van der Waals surface area contributed by atoms with Crippen LogP contribution in [0.25, 0.3) is 0 Å². The number of sulfonamides is 1. The van der Waals surface area contributed by atoms with Crippen LogP contribution in [-0.4, -0.2) is 61.7 Å². The molecule has 0 aromatic heterocycles. The minimum absolute atomic E-state index is 0.180. The lowest BCUT2D eigenvalue weighted by Gasteiger charge is -2.44. The van der Waals surface area contributed by atoms with Crippen LogP contribution in [0.4, 0.5) is 13.6 Å². The number of ether oxygens (including phenoxy) is 2. The zero-order valence-corrected chi connectivity index (χ0v) is 20.1. The zero-order chi connectivity index (χ0) is 24.6. The number of rotatable bonds is 5. The van der Waals surface area contributed by atoms with Gasteiger partial charge in [-0.15, -0.1) is 0 Å². The number of morpholine rings is 1. The summed E-state index contributed by atoms with van der Waals surface area (Å²) in [5.41, 5.74) is -0.452. The normalized spacial score (nSPS) is 24.7. The standard InChI is InChI=1S/C25H28F2N2O5S/c26-19-5-1-4-18(16-19)22-8-3-9-23(29(22)35(31,32)21-7-2-6-20(27)17-21)25(10-11-25)34-24(30)28-12-14-33-15-13-28/h1-2,4-7,16-17,22-23H,3,8-15H2/t22-,23+/m0/s1. The summed E-state index contributed by atoms with van der Waals surface area (Å²) in [5.74, 6) is -1.13. The maximum atomic E-state index is 14.1. The lowest BCUT2D eigenvalue weighted by Crippen LogP contribution is -2.54. The third-order valence-corrected chi connectivity index (χ3v) is 9.00. The van der Waals surface area contributed by atoms with Gasteiger partial charge in [-0.2, -0.15) is 4.31 Å². The summed E-state index contributed by atoms with van der Waals surface area (Å²) >= 11 is 0. The van der Waals surface area contributed by atoms with Crippen LogP contribution in [0.15, 0.2) is 53.4 Å². The quantitative estimate of drug-likeness (QED) is 0.606. The van der Waals surface area contributed by atoms with Crippen LogP contribution in [0.2, 0.25) is 0 Å². The molecule has 1 aliphatic carbocycles. The molecule has 3 aliphatic rings. The maximum Gasteiger partial charge on any atom is 0.410 e. The Kier molecular flexibility index (Phi) is 6.54. The molecule has 2 aromatic carbocycles. The highest BCUT2D eigenvalue weighted by atomic mass is 32.2. The van der Waals surface area contributed by atoms with E-state index in [9.17, 15) is 22.0 Å². The summed E-state index contributed by atoms with van der Waals surface area (Å²) in [6.07, 6.45) is 2.20. The van der Waals surface area contributed by atoms with Crippen LogP contribution < -0.4 is 0 Å². The summed E-state index contributed by atoms with van der Waals surface area (Å²) < 4.78 is 68.8. The van der Waals surface area contributed by atoms with E-state index in [4.69, 9.17) is 9.47 Å². The van der Waals surface area contributed by atoms with Gasteiger partial charge in [-0.3, -0.25) is 0 Å². The van der Waals surface area contributed by atoms with E-state index >= 15 is 0 Å². The molecular formula is C25H28F2N2O5S. The number of hydrogen-bond donors (Lipinski definition) is 0. The molecule has 0 radical (unpaired) electrons. The van der Waals surface area contributed by atoms with Gasteiger partial charge in [0.25, 0.3) is 0 Å². The third kappa shape index (κ3) is 4.79. The predicted molar refractivity (Wildman–Crippen MR) is 123 cm³/mol. The van der Waals surface area contributed by atoms with Crippen molar-refractivity contribution in [2.45, 2.75) is 54.7 Å². The van der Waals surface area contributed by atoms with Crippen molar-refractivity contribution in [3.63, 3.8) is 0 Å². The van der Waals surface area contributed by atoms with Gasteiger partial charge in [-0.25, -0.2) is 22.0 Å². The van der Waals surface area contributed by atoms with Crippen molar-refractivity contribution in [1.29, 1.82) is 0 Å². The monoisotopic (exact) mass is 506 g/mol. The topological polar surface area (TPSA) is 76.2 Å². The second-order valence-corrected chi connectivity index (χ2v) is 11.2. The summed E-state index contributed by atoms with van der Waals surface area (Å²) in [7, 11) is -4.20. The van der Waals surface area contributed by atoms with Gasteiger partial charge in [-0.1, -0.05) is 18.2 Å². The smallest absolute Gasteiger partial charge is 0.410 e. The SMILES string of the molecule is O=C(OC1([C@H]2CCC[C@@H](c3cccc(F)c3)N2S(=O)(=O)c2cccc(F)c2)CC1)N1CCOCC1. The molecule has 2 aromatic rings. The van der Waals surface area contributed by atoms with E-state index in [0.717, 1.165) is 6.07 Å². The fraction of sp³-hybridized carbons (Fsp3) is 0.480. The first-order valence-corrected chi connectivity index (χ1v) is 13.3. The first-order chi connectivity index (χ1) is 16.8. The van der Waals surface area contributed by atoms with E-state index in [-0.39, 0.29) is 4.90 Å². The van der Waals surface area contributed by atoms with Crippen LogP contribution in [0, 0.1) is 11.6 Å². The van der Waals surface area contributed by atoms with Crippen LogP contribution in [0.1, 0.15) is 43.7 Å². The summed E-state index contributed by atoms with van der Waals surface area (Å²) in [6.45, 7) is 1.67. The minimum atomic E-state index is -4.20. The van der Waals surface area contributed by atoms with Crippen molar-refractivity contribution in [3.05, 3.63) is 65.7 Å². The molecule has 1 amide bonds. The highest BCUT2D eigenvalue weighted by molar-refractivity contribution is 7.89. The average molecular weight is 507 g/mol. The molecule has 1 saturated carbocycles. The molecule has 188 valence electrons. The lowest BCUT2D eigenvalue weighted by molar-refractivity contribution is -0.0253. The number of carbonyl (C=O) groups excluding carboxylic acids is 1. The summed E-state index contributed by atoms with van der Waals surface area (Å²) in [6, 6.07) is 9.44. The Balaban J connectivity index is 1.53. The van der Waals surface area contributed by atoms with Crippen LogP contribution >= 0.6 is 0 Å². The fourth-order valence-corrected chi connectivity index (χ4v) is 7.14. The number of nitrogens with zero attached hydrogens (tertiary/aromatic N) is 2. The predicted octanol–water partition coefficient (Wildman–Crippen LogP) is 4.25. The summed E-state index contributed by atoms with van der Waals surface area (Å²) in [5, 5.41) is 0. The highest BCUT2D eigenvalue weighted by Gasteiger charge is 2.60. The molecule has 10 heteroatoms. The van der Waals surface area contributed by atoms with Gasteiger partial charge in [0.15, 0.2) is 0 Å². The zero-order valence-electron chi connectivity index (χ0n) is 19.2. The highest BCUT2D eigenvalue weighted by Crippen LogP contribution is 2.52. The van der Waals surface area contributed by atoms with E-state index in [1.807, 2.05) is 0 Å². The Bertz CT molecular complexity index is 1200. The third-order valence-electron chi connectivity index (χ3n) is 7.08. The Morgan fingerprint density at radius 1 is 1.00 bits per heavy atom.